The van der Waals surface area contributed by atoms with Crippen molar-refractivity contribution in [2.45, 2.75) is 38.1 Å². The van der Waals surface area contributed by atoms with Crippen LogP contribution < -0.4 is 4.90 Å². The van der Waals surface area contributed by atoms with Crippen LogP contribution in [0.25, 0.3) is 22.6 Å². The second kappa shape index (κ2) is 8.23. The van der Waals surface area contributed by atoms with Gasteiger partial charge in [0.25, 0.3) is 5.91 Å². The number of aryl methyl sites for hydroxylation is 2. The number of carbonyl (C=O) groups is 1. The van der Waals surface area contributed by atoms with Crippen molar-refractivity contribution in [1.29, 1.82) is 0 Å². The van der Waals surface area contributed by atoms with Crippen molar-refractivity contribution in [2.75, 3.05) is 4.90 Å². The van der Waals surface area contributed by atoms with E-state index in [-0.39, 0.29) is 35.0 Å². The Labute approximate surface area is 209 Å². The van der Waals surface area contributed by atoms with Gasteiger partial charge in [-0.05, 0) is 48.2 Å². The molecule has 1 N–H and O–H groups in total. The Kier molecular flexibility index (Phi) is 5.19. The van der Waals surface area contributed by atoms with Gasteiger partial charge in [0.2, 0.25) is 0 Å². The third kappa shape index (κ3) is 3.88. The lowest BCUT2D eigenvalue weighted by atomic mass is 9.99. The minimum absolute atomic E-state index is 0.0323. The molecule has 0 bridgehead atoms. The predicted octanol–water partition coefficient (Wildman–Crippen LogP) is 3.83. The lowest BCUT2D eigenvalue weighted by molar-refractivity contribution is -0.138. The number of pyridine rings is 1. The van der Waals surface area contributed by atoms with E-state index in [0.717, 1.165) is 41.4 Å². The first kappa shape index (κ1) is 23.3. The fourth-order valence-corrected chi connectivity index (χ4v) is 4.87. The van der Waals surface area contributed by atoms with Crippen molar-refractivity contribution in [3.05, 3.63) is 64.7 Å². The van der Waals surface area contributed by atoms with Crippen LogP contribution in [0.2, 0.25) is 0 Å². The third-order valence-electron chi connectivity index (χ3n) is 6.86. The van der Waals surface area contributed by atoms with Crippen molar-refractivity contribution in [1.82, 2.24) is 29.5 Å². The Balaban J connectivity index is 1.49. The highest BCUT2D eigenvalue weighted by atomic mass is 19.4. The van der Waals surface area contributed by atoms with Crippen LogP contribution in [0.5, 0.6) is 0 Å². The molecule has 6 rings (SSSR count). The average Bonchev–Trinajstić information content (AvgIpc) is 3.41. The molecule has 2 aliphatic rings. The molecule has 4 aromatic rings. The molecular formula is C25H22F3N7O2. The van der Waals surface area contributed by atoms with Crippen molar-refractivity contribution < 1.29 is 23.1 Å². The van der Waals surface area contributed by atoms with Gasteiger partial charge in [0.1, 0.15) is 12.1 Å². The lowest BCUT2D eigenvalue weighted by Crippen LogP contribution is -2.24. The highest BCUT2D eigenvalue weighted by molar-refractivity contribution is 6.10. The number of aromatic nitrogens is 6. The largest absolute Gasteiger partial charge is 0.416 e. The minimum atomic E-state index is -4.67. The number of aliphatic hydroxyl groups excluding tert-OH is 1. The zero-order chi connectivity index (χ0) is 26.1. The molecule has 9 nitrogen and oxygen atoms in total. The number of halogens is 3. The Hall–Kier alpha value is -4.06. The summed E-state index contributed by atoms with van der Waals surface area (Å²) in [5, 5.41) is 22.0. The Bertz CT molecular complexity index is 1550. The van der Waals surface area contributed by atoms with Gasteiger partial charge < -0.3 is 9.67 Å². The number of nitrogens with zero attached hydrogens (tertiary/aromatic N) is 7. The minimum Gasteiger partial charge on any atom is -0.392 e. The van der Waals surface area contributed by atoms with Crippen molar-refractivity contribution in [3.63, 3.8) is 0 Å². The van der Waals surface area contributed by atoms with Gasteiger partial charge in [-0.2, -0.15) is 18.3 Å². The van der Waals surface area contributed by atoms with Crippen LogP contribution in [-0.2, 0) is 33.4 Å². The van der Waals surface area contributed by atoms with E-state index in [4.69, 9.17) is 4.98 Å². The lowest BCUT2D eigenvalue weighted by Gasteiger charge is -2.18. The van der Waals surface area contributed by atoms with E-state index in [1.165, 1.54) is 11.0 Å². The second-order valence-electron chi connectivity index (χ2n) is 9.43. The molecule has 4 heterocycles. The zero-order valence-corrected chi connectivity index (χ0v) is 20.0. The summed E-state index contributed by atoms with van der Waals surface area (Å²) in [6.07, 6.45) is 0.491. The number of fused-ring (bicyclic) bond motifs is 1. The molecule has 12 heteroatoms. The van der Waals surface area contributed by atoms with Crippen LogP contribution in [-0.4, -0.2) is 40.5 Å². The molecule has 0 spiro atoms. The number of anilines is 1. The van der Waals surface area contributed by atoms with Crippen LogP contribution in [0.1, 0.15) is 51.5 Å². The van der Waals surface area contributed by atoms with Gasteiger partial charge in [0, 0.05) is 36.8 Å². The SMILES string of the molecule is Cn1cnnc1-c1cnn(C)c1-c1cc(C2CC2)nc(N2Cc3c(cc(CO)cc3C(F)(F)F)C2=O)c1. The molecular weight excluding hydrogens is 487 g/mol. The van der Waals surface area contributed by atoms with Gasteiger partial charge in [-0.25, -0.2) is 4.98 Å². The van der Waals surface area contributed by atoms with E-state index in [1.54, 1.807) is 34.9 Å². The maximum Gasteiger partial charge on any atom is 0.416 e. The number of alkyl halides is 3. The first-order chi connectivity index (χ1) is 17.7. The van der Waals surface area contributed by atoms with Gasteiger partial charge in [0.15, 0.2) is 5.82 Å². The van der Waals surface area contributed by atoms with E-state index in [9.17, 15) is 23.1 Å². The highest BCUT2D eigenvalue weighted by Crippen LogP contribution is 2.44. The third-order valence-corrected chi connectivity index (χ3v) is 6.86. The van der Waals surface area contributed by atoms with Crippen LogP contribution in [0.15, 0.2) is 36.8 Å². The number of hydrogen-bond acceptors (Lipinski definition) is 6. The monoisotopic (exact) mass is 509 g/mol. The number of aliphatic hydroxyl groups is 1. The molecule has 0 radical (unpaired) electrons. The van der Waals surface area contributed by atoms with Crippen LogP contribution >= 0.6 is 0 Å². The number of rotatable bonds is 5. The summed E-state index contributed by atoms with van der Waals surface area (Å²) in [4.78, 5) is 19.4. The predicted molar refractivity (Wildman–Crippen MR) is 126 cm³/mol. The van der Waals surface area contributed by atoms with Crippen molar-refractivity contribution in [3.8, 4) is 22.6 Å². The summed E-state index contributed by atoms with van der Waals surface area (Å²) in [6.45, 7) is -0.870. The molecule has 1 aliphatic carbocycles. The molecule has 0 atom stereocenters. The molecule has 3 aromatic heterocycles. The first-order valence-corrected chi connectivity index (χ1v) is 11.7. The standard InChI is InChI=1S/C25H22F3N7O2/c1-33-12-29-32-23(33)17-9-30-34(2)22(17)15-7-20(14-3-4-14)31-21(8-15)35-10-18-16(24(35)37)5-13(11-36)6-19(18)25(26,27)28/h5-9,12,14,36H,3-4,10-11H2,1-2H3. The summed E-state index contributed by atoms with van der Waals surface area (Å²) in [5.74, 6) is 0.507. The number of hydrogen-bond donors (Lipinski definition) is 1. The summed E-state index contributed by atoms with van der Waals surface area (Å²) < 4.78 is 45.0. The summed E-state index contributed by atoms with van der Waals surface area (Å²) in [6, 6.07) is 5.87. The van der Waals surface area contributed by atoms with E-state index in [2.05, 4.69) is 15.3 Å². The zero-order valence-electron chi connectivity index (χ0n) is 20.0. The number of benzene rings is 1. The molecule has 1 aliphatic heterocycles. The Morgan fingerprint density at radius 2 is 1.89 bits per heavy atom. The van der Waals surface area contributed by atoms with Crippen LogP contribution in [0.4, 0.5) is 19.0 Å². The normalized spacial score (nSPS) is 15.5. The van der Waals surface area contributed by atoms with E-state index < -0.39 is 24.3 Å². The van der Waals surface area contributed by atoms with Gasteiger partial charge in [-0.1, -0.05) is 0 Å². The number of carbonyl (C=O) groups excluding carboxylic acids is 1. The highest BCUT2D eigenvalue weighted by Gasteiger charge is 2.41. The quantitative estimate of drug-likeness (QED) is 0.439. The molecule has 190 valence electrons. The van der Waals surface area contributed by atoms with E-state index >= 15 is 0 Å². The average molecular weight is 509 g/mol. The van der Waals surface area contributed by atoms with Crippen molar-refractivity contribution in [2.24, 2.45) is 14.1 Å². The molecule has 1 saturated carbocycles. The van der Waals surface area contributed by atoms with Gasteiger partial charge >= 0.3 is 6.18 Å². The van der Waals surface area contributed by atoms with E-state index in [1.807, 2.05) is 13.1 Å². The smallest absolute Gasteiger partial charge is 0.392 e. The van der Waals surface area contributed by atoms with Gasteiger partial charge in [-0.15, -0.1) is 10.2 Å². The maximum atomic E-state index is 13.9. The summed E-state index contributed by atoms with van der Waals surface area (Å²) in [7, 11) is 3.60. The molecule has 1 fully saturated rings. The fraction of sp³-hybridized carbons (Fsp3) is 0.320. The fourth-order valence-electron chi connectivity index (χ4n) is 4.87. The number of amides is 1. The molecule has 37 heavy (non-hydrogen) atoms. The van der Waals surface area contributed by atoms with Gasteiger partial charge in [-0.3, -0.25) is 14.4 Å². The maximum absolute atomic E-state index is 13.9. The Morgan fingerprint density at radius 1 is 1.11 bits per heavy atom. The van der Waals surface area contributed by atoms with E-state index in [0.29, 0.717) is 5.82 Å². The van der Waals surface area contributed by atoms with Crippen molar-refractivity contribution >= 4 is 11.7 Å². The van der Waals surface area contributed by atoms with Gasteiger partial charge in [0.05, 0.1) is 36.2 Å². The topological polar surface area (TPSA) is 102 Å². The first-order valence-electron chi connectivity index (χ1n) is 11.7. The molecule has 1 amide bonds. The summed E-state index contributed by atoms with van der Waals surface area (Å²) >= 11 is 0. The van der Waals surface area contributed by atoms with Crippen LogP contribution in [0.3, 0.4) is 0 Å². The molecule has 1 aromatic carbocycles. The molecule has 0 unspecified atom stereocenters. The van der Waals surface area contributed by atoms with Crippen LogP contribution in [0, 0.1) is 0 Å². The molecule has 0 saturated heterocycles. The Morgan fingerprint density at radius 3 is 2.54 bits per heavy atom. The second-order valence-corrected chi connectivity index (χ2v) is 9.43. The summed E-state index contributed by atoms with van der Waals surface area (Å²) in [5.41, 5.74) is 1.88.